The third kappa shape index (κ3) is 4.29. The van der Waals surface area contributed by atoms with Gasteiger partial charge in [-0.1, -0.05) is 53.5 Å². The van der Waals surface area contributed by atoms with Crippen LogP contribution < -0.4 is 9.64 Å². The number of aromatic amines is 1. The Hall–Kier alpha value is -3.32. The van der Waals surface area contributed by atoms with E-state index in [2.05, 4.69) is 4.98 Å². The molecule has 0 saturated heterocycles. The van der Waals surface area contributed by atoms with Crippen molar-refractivity contribution in [1.82, 2.24) is 9.97 Å². The Bertz CT molecular complexity index is 1500. The largest absolute Gasteiger partial charge is 0.496 e. The van der Waals surface area contributed by atoms with E-state index in [1.807, 2.05) is 81.4 Å². The summed E-state index contributed by atoms with van der Waals surface area (Å²) in [4.78, 5) is 24.0. The van der Waals surface area contributed by atoms with Crippen molar-refractivity contribution in [2.45, 2.75) is 38.8 Å². The van der Waals surface area contributed by atoms with Crippen LogP contribution in [0.25, 0.3) is 0 Å². The molecular weight excluding hydrogens is 509 g/mol. The van der Waals surface area contributed by atoms with Gasteiger partial charge in [0.05, 0.1) is 24.8 Å². The highest BCUT2D eigenvalue weighted by molar-refractivity contribution is 6.31. The molecular formula is C29H27Cl2N3O3. The van der Waals surface area contributed by atoms with Crippen molar-refractivity contribution in [3.05, 3.63) is 110 Å². The molecule has 0 fully saturated rings. The summed E-state index contributed by atoms with van der Waals surface area (Å²) >= 11 is 12.5. The molecule has 0 spiro atoms. The predicted molar refractivity (Wildman–Crippen MR) is 146 cm³/mol. The lowest BCUT2D eigenvalue weighted by Gasteiger charge is -2.29. The van der Waals surface area contributed by atoms with Crippen LogP contribution in [0.4, 0.5) is 5.69 Å². The van der Waals surface area contributed by atoms with Gasteiger partial charge in [0.1, 0.15) is 17.6 Å². The third-order valence-electron chi connectivity index (χ3n) is 7.02. The van der Waals surface area contributed by atoms with Crippen LogP contribution in [0.1, 0.15) is 64.1 Å². The Morgan fingerprint density at radius 2 is 1.76 bits per heavy atom. The maximum atomic E-state index is 13.9. The standard InChI is InChI=1S/C29H27Cl2N3O3/c1-16-5-9-20(31)14-22(16)34-26(18-7-10-19(30)11-8-18)24-25(27(34)36)33-28(32-24)29(2,3)21-12-6-17(15-35)13-23(21)37-4/h5-14,26,35H,15H2,1-4H3,(H,32,33). The van der Waals surface area contributed by atoms with Crippen LogP contribution in [0.5, 0.6) is 5.75 Å². The molecule has 1 aliphatic heterocycles. The zero-order valence-corrected chi connectivity index (χ0v) is 22.5. The molecule has 3 aromatic carbocycles. The fraction of sp³-hybridized carbons (Fsp3) is 0.241. The van der Waals surface area contributed by atoms with Crippen molar-refractivity contribution < 1.29 is 14.6 Å². The zero-order chi connectivity index (χ0) is 26.5. The molecule has 1 aliphatic rings. The number of aromatic nitrogens is 2. The van der Waals surface area contributed by atoms with E-state index in [0.717, 1.165) is 27.9 Å². The summed E-state index contributed by atoms with van der Waals surface area (Å²) in [6, 6.07) is 18.2. The van der Waals surface area contributed by atoms with Crippen molar-refractivity contribution in [3.63, 3.8) is 0 Å². The quantitative estimate of drug-likeness (QED) is 0.291. The molecule has 37 heavy (non-hydrogen) atoms. The normalized spacial score (nSPS) is 15.3. The van der Waals surface area contributed by atoms with Crippen molar-refractivity contribution in [3.8, 4) is 5.75 Å². The Labute approximate surface area is 225 Å². The molecule has 0 radical (unpaired) electrons. The lowest BCUT2D eigenvalue weighted by molar-refractivity contribution is 0.0989. The molecule has 1 unspecified atom stereocenters. The number of nitrogens with zero attached hydrogens (tertiary/aromatic N) is 2. The number of amides is 1. The average Bonchev–Trinajstić information content (AvgIpc) is 3.44. The van der Waals surface area contributed by atoms with E-state index in [-0.39, 0.29) is 12.5 Å². The monoisotopic (exact) mass is 535 g/mol. The summed E-state index contributed by atoms with van der Waals surface area (Å²) in [6.45, 7) is 5.92. The van der Waals surface area contributed by atoms with E-state index in [1.54, 1.807) is 12.0 Å². The average molecular weight is 536 g/mol. The number of hydrogen-bond donors (Lipinski definition) is 2. The summed E-state index contributed by atoms with van der Waals surface area (Å²) in [7, 11) is 1.60. The number of nitrogens with one attached hydrogen (secondary N) is 1. The molecule has 6 nitrogen and oxygen atoms in total. The van der Waals surface area contributed by atoms with Crippen LogP contribution in [0.2, 0.25) is 10.0 Å². The first-order valence-electron chi connectivity index (χ1n) is 11.9. The molecule has 190 valence electrons. The minimum absolute atomic E-state index is 0.0812. The van der Waals surface area contributed by atoms with Crippen molar-refractivity contribution in [1.29, 1.82) is 0 Å². The number of benzene rings is 3. The Kier molecular flexibility index (Phi) is 6.52. The van der Waals surface area contributed by atoms with E-state index in [0.29, 0.717) is 33.0 Å². The maximum Gasteiger partial charge on any atom is 0.279 e. The van der Waals surface area contributed by atoms with Gasteiger partial charge in [-0.25, -0.2) is 4.98 Å². The number of carbonyl (C=O) groups excluding carboxylic acids is 1. The number of anilines is 1. The second-order valence-corrected chi connectivity index (χ2v) is 10.6. The number of methoxy groups -OCH3 is 1. The number of fused-ring (bicyclic) bond motifs is 1. The van der Waals surface area contributed by atoms with Crippen molar-refractivity contribution in [2.24, 2.45) is 0 Å². The molecule has 1 aromatic heterocycles. The first-order valence-corrected chi connectivity index (χ1v) is 12.6. The van der Waals surface area contributed by atoms with E-state index >= 15 is 0 Å². The van der Waals surface area contributed by atoms with Gasteiger partial charge in [0.2, 0.25) is 0 Å². The predicted octanol–water partition coefficient (Wildman–Crippen LogP) is 6.60. The van der Waals surface area contributed by atoms with Gasteiger partial charge in [0, 0.05) is 21.3 Å². The fourth-order valence-corrected chi connectivity index (χ4v) is 5.23. The van der Waals surface area contributed by atoms with E-state index in [9.17, 15) is 9.90 Å². The first kappa shape index (κ1) is 25.3. The molecule has 4 aromatic rings. The number of aliphatic hydroxyl groups excluding tert-OH is 1. The number of aliphatic hydroxyl groups is 1. The number of hydrogen-bond acceptors (Lipinski definition) is 4. The highest BCUT2D eigenvalue weighted by Crippen LogP contribution is 2.45. The number of rotatable bonds is 6. The minimum atomic E-state index is -0.620. The second-order valence-electron chi connectivity index (χ2n) is 9.73. The molecule has 8 heteroatoms. The molecule has 0 bridgehead atoms. The lowest BCUT2D eigenvalue weighted by atomic mass is 9.82. The van der Waals surface area contributed by atoms with Crippen LogP contribution in [0.15, 0.2) is 60.7 Å². The van der Waals surface area contributed by atoms with Gasteiger partial charge >= 0.3 is 0 Å². The van der Waals surface area contributed by atoms with Crippen LogP contribution in [0, 0.1) is 6.92 Å². The van der Waals surface area contributed by atoms with Gasteiger partial charge in [0.25, 0.3) is 5.91 Å². The summed E-state index contributed by atoms with van der Waals surface area (Å²) in [5.41, 5.74) is 4.65. The third-order valence-corrected chi connectivity index (χ3v) is 7.50. The number of imidazole rings is 1. The molecule has 5 rings (SSSR count). The minimum Gasteiger partial charge on any atom is -0.496 e. The number of carbonyl (C=O) groups is 1. The molecule has 1 atom stereocenters. The maximum absolute atomic E-state index is 13.9. The van der Waals surface area contributed by atoms with Crippen LogP contribution in [0.3, 0.4) is 0 Å². The van der Waals surface area contributed by atoms with Crippen molar-refractivity contribution in [2.75, 3.05) is 12.0 Å². The van der Waals surface area contributed by atoms with Crippen LogP contribution >= 0.6 is 23.2 Å². The summed E-state index contributed by atoms with van der Waals surface area (Å²) in [5, 5.41) is 10.7. The fourth-order valence-electron chi connectivity index (χ4n) is 4.93. The van der Waals surface area contributed by atoms with Gasteiger partial charge in [0.15, 0.2) is 5.69 Å². The van der Waals surface area contributed by atoms with E-state index in [1.165, 1.54) is 0 Å². The summed E-state index contributed by atoms with van der Waals surface area (Å²) in [6.07, 6.45) is 0. The van der Waals surface area contributed by atoms with Crippen LogP contribution in [-0.4, -0.2) is 28.1 Å². The number of ether oxygens (including phenoxy) is 1. The SMILES string of the molecule is COc1cc(CO)ccc1C(C)(C)c1nc2c([nH]1)C(c1ccc(Cl)cc1)N(c1cc(Cl)ccc1C)C2=O. The Balaban J connectivity index is 1.66. The van der Waals surface area contributed by atoms with Gasteiger partial charge < -0.3 is 14.8 Å². The number of aryl methyl sites for hydroxylation is 1. The Morgan fingerprint density at radius 1 is 1.05 bits per heavy atom. The topological polar surface area (TPSA) is 78.5 Å². The molecule has 0 aliphatic carbocycles. The molecule has 0 saturated carbocycles. The smallest absolute Gasteiger partial charge is 0.279 e. The van der Waals surface area contributed by atoms with Gasteiger partial charge in [-0.05, 0) is 67.8 Å². The summed E-state index contributed by atoms with van der Waals surface area (Å²) in [5.74, 6) is 1.08. The number of halogens is 2. The lowest BCUT2D eigenvalue weighted by Crippen LogP contribution is -2.31. The first-order chi connectivity index (χ1) is 17.6. The van der Waals surface area contributed by atoms with Crippen molar-refractivity contribution >= 4 is 34.8 Å². The number of H-pyrrole nitrogens is 1. The summed E-state index contributed by atoms with van der Waals surface area (Å²) < 4.78 is 5.64. The second kappa shape index (κ2) is 9.53. The van der Waals surface area contributed by atoms with Crippen LogP contribution in [-0.2, 0) is 12.0 Å². The molecule has 2 N–H and O–H groups in total. The van der Waals surface area contributed by atoms with E-state index < -0.39 is 11.5 Å². The van der Waals surface area contributed by atoms with Gasteiger partial charge in [-0.3, -0.25) is 9.69 Å². The highest BCUT2D eigenvalue weighted by atomic mass is 35.5. The van der Waals surface area contributed by atoms with Gasteiger partial charge in [-0.15, -0.1) is 0 Å². The molecule has 1 amide bonds. The van der Waals surface area contributed by atoms with E-state index in [4.69, 9.17) is 32.9 Å². The molecule has 2 heterocycles. The Morgan fingerprint density at radius 3 is 2.43 bits per heavy atom. The highest BCUT2D eigenvalue weighted by Gasteiger charge is 2.44. The van der Waals surface area contributed by atoms with Gasteiger partial charge in [-0.2, -0.15) is 0 Å². The zero-order valence-electron chi connectivity index (χ0n) is 21.0.